The summed E-state index contributed by atoms with van der Waals surface area (Å²) < 4.78 is 10.2. The molecular weight excluding hydrogens is 182 g/mol. The van der Waals surface area contributed by atoms with Crippen LogP contribution in [0.15, 0.2) is 24.3 Å². The van der Waals surface area contributed by atoms with Crippen LogP contribution >= 0.6 is 0 Å². The largest absolute Gasteiger partial charge is 0.497 e. The van der Waals surface area contributed by atoms with Crippen molar-refractivity contribution in [1.29, 1.82) is 0 Å². The average molecular weight is 195 g/mol. The third-order valence-corrected chi connectivity index (χ3v) is 1.69. The van der Waals surface area contributed by atoms with E-state index in [2.05, 4.69) is 5.32 Å². The molecule has 1 aromatic rings. The van der Waals surface area contributed by atoms with E-state index in [1.54, 1.807) is 32.4 Å². The number of carbonyl (C=O) groups excluding carboxylic acids is 1. The molecule has 0 aliphatic rings. The van der Waals surface area contributed by atoms with Crippen molar-refractivity contribution in [2.24, 2.45) is 0 Å². The Hall–Kier alpha value is -1.71. The molecule has 1 amide bonds. The van der Waals surface area contributed by atoms with Gasteiger partial charge in [0.05, 0.1) is 7.11 Å². The van der Waals surface area contributed by atoms with Gasteiger partial charge in [0.15, 0.2) is 6.61 Å². The van der Waals surface area contributed by atoms with Gasteiger partial charge in [0.25, 0.3) is 5.91 Å². The van der Waals surface area contributed by atoms with E-state index >= 15 is 0 Å². The molecule has 0 unspecified atom stereocenters. The third-order valence-electron chi connectivity index (χ3n) is 1.69. The average Bonchev–Trinajstić information content (AvgIpc) is 2.26. The highest BCUT2D eigenvalue weighted by atomic mass is 16.5. The molecule has 0 bridgehead atoms. The first-order valence-electron chi connectivity index (χ1n) is 4.23. The number of hydrogen-bond donors (Lipinski definition) is 1. The Morgan fingerprint density at radius 2 is 2.14 bits per heavy atom. The summed E-state index contributed by atoms with van der Waals surface area (Å²) in [5.74, 6) is 1.17. The molecule has 0 aliphatic carbocycles. The zero-order valence-electron chi connectivity index (χ0n) is 8.24. The first-order valence-corrected chi connectivity index (χ1v) is 4.23. The van der Waals surface area contributed by atoms with Crippen molar-refractivity contribution in [3.05, 3.63) is 24.3 Å². The van der Waals surface area contributed by atoms with Gasteiger partial charge in [-0.05, 0) is 12.1 Å². The smallest absolute Gasteiger partial charge is 0.257 e. The molecule has 4 nitrogen and oxygen atoms in total. The normalized spacial score (nSPS) is 9.29. The van der Waals surface area contributed by atoms with Gasteiger partial charge in [0.1, 0.15) is 11.5 Å². The zero-order valence-corrected chi connectivity index (χ0v) is 8.24. The maximum absolute atomic E-state index is 10.9. The maximum Gasteiger partial charge on any atom is 0.257 e. The number of amides is 1. The Bertz CT molecular complexity index is 312. The number of benzene rings is 1. The van der Waals surface area contributed by atoms with Crippen molar-refractivity contribution >= 4 is 5.91 Å². The quantitative estimate of drug-likeness (QED) is 0.773. The lowest BCUT2D eigenvalue weighted by Gasteiger charge is -2.06. The molecular formula is C10H13NO3. The molecule has 14 heavy (non-hydrogen) atoms. The summed E-state index contributed by atoms with van der Waals surface area (Å²) in [5, 5.41) is 2.47. The summed E-state index contributed by atoms with van der Waals surface area (Å²) >= 11 is 0. The molecule has 0 atom stereocenters. The van der Waals surface area contributed by atoms with Crippen molar-refractivity contribution in [1.82, 2.24) is 5.32 Å². The Morgan fingerprint density at radius 3 is 2.79 bits per heavy atom. The second-order valence-electron chi connectivity index (χ2n) is 2.64. The van der Waals surface area contributed by atoms with Crippen molar-refractivity contribution in [3.63, 3.8) is 0 Å². The van der Waals surface area contributed by atoms with Crippen molar-refractivity contribution in [2.75, 3.05) is 20.8 Å². The van der Waals surface area contributed by atoms with E-state index in [1.807, 2.05) is 6.07 Å². The molecule has 0 fully saturated rings. The van der Waals surface area contributed by atoms with Gasteiger partial charge in [0, 0.05) is 13.1 Å². The SMILES string of the molecule is CNC(=O)COc1cccc(OC)c1. The number of nitrogens with one attached hydrogen (secondary N) is 1. The number of carbonyl (C=O) groups is 1. The lowest BCUT2D eigenvalue weighted by Crippen LogP contribution is -2.24. The van der Waals surface area contributed by atoms with Gasteiger partial charge >= 0.3 is 0 Å². The highest BCUT2D eigenvalue weighted by Crippen LogP contribution is 2.18. The first-order chi connectivity index (χ1) is 6.76. The van der Waals surface area contributed by atoms with Gasteiger partial charge in [-0.1, -0.05) is 6.07 Å². The van der Waals surface area contributed by atoms with E-state index in [0.29, 0.717) is 11.5 Å². The lowest BCUT2D eigenvalue weighted by molar-refractivity contribution is -0.122. The molecule has 0 aliphatic heterocycles. The van der Waals surface area contributed by atoms with Crippen LogP contribution in [0.2, 0.25) is 0 Å². The van der Waals surface area contributed by atoms with E-state index in [4.69, 9.17) is 9.47 Å². The molecule has 0 heterocycles. The summed E-state index contributed by atoms with van der Waals surface area (Å²) in [7, 11) is 3.15. The van der Waals surface area contributed by atoms with E-state index < -0.39 is 0 Å². The lowest BCUT2D eigenvalue weighted by atomic mass is 10.3. The fourth-order valence-electron chi connectivity index (χ4n) is 0.912. The minimum atomic E-state index is -0.159. The fourth-order valence-corrected chi connectivity index (χ4v) is 0.912. The molecule has 1 rings (SSSR count). The number of methoxy groups -OCH3 is 1. The van der Waals surface area contributed by atoms with Gasteiger partial charge < -0.3 is 14.8 Å². The minimum Gasteiger partial charge on any atom is -0.497 e. The summed E-state index contributed by atoms with van der Waals surface area (Å²) in [6.07, 6.45) is 0. The van der Waals surface area contributed by atoms with Crippen molar-refractivity contribution < 1.29 is 14.3 Å². The van der Waals surface area contributed by atoms with Gasteiger partial charge in [-0.15, -0.1) is 0 Å². The Kier molecular flexibility index (Phi) is 3.79. The molecule has 76 valence electrons. The van der Waals surface area contributed by atoms with Gasteiger partial charge in [-0.25, -0.2) is 0 Å². The standard InChI is InChI=1S/C10H13NO3/c1-11-10(12)7-14-9-5-3-4-8(6-9)13-2/h3-6H,7H2,1-2H3,(H,11,12). The van der Waals surface area contributed by atoms with Crippen LogP contribution in [0.25, 0.3) is 0 Å². The number of rotatable bonds is 4. The Morgan fingerprint density at radius 1 is 1.43 bits per heavy atom. The maximum atomic E-state index is 10.9. The van der Waals surface area contributed by atoms with Crippen LogP contribution in [0, 0.1) is 0 Å². The molecule has 1 aromatic carbocycles. The first kappa shape index (κ1) is 10.4. The Labute approximate surface area is 82.8 Å². The van der Waals surface area contributed by atoms with Crippen LogP contribution in [0.4, 0.5) is 0 Å². The minimum absolute atomic E-state index is 0.0175. The molecule has 0 saturated carbocycles. The number of ether oxygens (including phenoxy) is 2. The van der Waals surface area contributed by atoms with E-state index in [9.17, 15) is 4.79 Å². The van der Waals surface area contributed by atoms with Crippen LogP contribution in [0.1, 0.15) is 0 Å². The number of hydrogen-bond acceptors (Lipinski definition) is 3. The number of likely N-dealkylation sites (N-methyl/N-ethyl adjacent to an activating group) is 1. The summed E-state index contributed by atoms with van der Waals surface area (Å²) in [5.41, 5.74) is 0. The molecule has 0 spiro atoms. The highest BCUT2D eigenvalue weighted by Gasteiger charge is 2.00. The van der Waals surface area contributed by atoms with Crippen molar-refractivity contribution in [2.45, 2.75) is 0 Å². The van der Waals surface area contributed by atoms with Crippen LogP contribution in [0.5, 0.6) is 11.5 Å². The summed E-state index contributed by atoms with van der Waals surface area (Å²) in [4.78, 5) is 10.9. The van der Waals surface area contributed by atoms with Crippen LogP contribution in [-0.4, -0.2) is 26.7 Å². The van der Waals surface area contributed by atoms with Gasteiger partial charge in [-0.3, -0.25) is 4.79 Å². The predicted octanol–water partition coefficient (Wildman–Crippen LogP) is 0.820. The third kappa shape index (κ3) is 2.97. The van der Waals surface area contributed by atoms with E-state index in [1.165, 1.54) is 0 Å². The second-order valence-corrected chi connectivity index (χ2v) is 2.64. The molecule has 0 radical (unpaired) electrons. The Balaban J connectivity index is 2.54. The second kappa shape index (κ2) is 5.11. The molecule has 0 aromatic heterocycles. The molecule has 1 N–H and O–H groups in total. The molecule has 4 heteroatoms. The monoisotopic (exact) mass is 195 g/mol. The highest BCUT2D eigenvalue weighted by molar-refractivity contribution is 5.77. The van der Waals surface area contributed by atoms with Crippen LogP contribution in [-0.2, 0) is 4.79 Å². The topological polar surface area (TPSA) is 47.6 Å². The molecule has 0 saturated heterocycles. The van der Waals surface area contributed by atoms with Gasteiger partial charge in [-0.2, -0.15) is 0 Å². The predicted molar refractivity (Wildman–Crippen MR) is 52.6 cm³/mol. The summed E-state index contributed by atoms with van der Waals surface area (Å²) in [6.45, 7) is 0.0175. The van der Waals surface area contributed by atoms with Crippen LogP contribution in [0.3, 0.4) is 0 Å². The van der Waals surface area contributed by atoms with Crippen LogP contribution < -0.4 is 14.8 Å². The van der Waals surface area contributed by atoms with Crippen molar-refractivity contribution in [3.8, 4) is 11.5 Å². The van der Waals surface area contributed by atoms with E-state index in [0.717, 1.165) is 0 Å². The fraction of sp³-hybridized carbons (Fsp3) is 0.300. The van der Waals surface area contributed by atoms with E-state index in [-0.39, 0.29) is 12.5 Å². The zero-order chi connectivity index (χ0) is 10.4. The summed E-state index contributed by atoms with van der Waals surface area (Å²) in [6, 6.07) is 7.11. The van der Waals surface area contributed by atoms with Gasteiger partial charge in [0.2, 0.25) is 0 Å².